The van der Waals surface area contributed by atoms with Crippen LogP contribution in [-0.2, 0) is 14.3 Å². The first kappa shape index (κ1) is 13.3. The predicted octanol–water partition coefficient (Wildman–Crippen LogP) is 2.93. The van der Waals surface area contributed by atoms with Crippen LogP contribution in [0.4, 0.5) is 0 Å². The molecule has 1 aromatic carbocycles. The third-order valence-electron chi connectivity index (χ3n) is 3.21. The van der Waals surface area contributed by atoms with Crippen molar-refractivity contribution in [2.75, 3.05) is 0 Å². The molecule has 19 heavy (non-hydrogen) atoms. The molecule has 0 radical (unpaired) electrons. The molecule has 0 saturated carbocycles. The Labute approximate surface area is 112 Å². The molecular weight excluding hydrogens is 244 g/mol. The minimum absolute atomic E-state index is 0.288. The number of carbonyl (C=O) groups is 2. The maximum Gasteiger partial charge on any atom is 0.341 e. The van der Waals surface area contributed by atoms with Crippen LogP contribution in [0, 0.1) is 0 Å². The molecule has 1 heterocycles. The first-order valence-corrected chi connectivity index (χ1v) is 6.26. The minimum Gasteiger partial charge on any atom is -0.422 e. The summed E-state index contributed by atoms with van der Waals surface area (Å²) in [4.78, 5) is 23.2. The number of carbonyl (C=O) groups excluding carboxylic acids is 2. The van der Waals surface area contributed by atoms with Crippen molar-refractivity contribution in [3.8, 4) is 0 Å². The van der Waals surface area contributed by atoms with Crippen LogP contribution < -0.4 is 0 Å². The van der Waals surface area contributed by atoms with Crippen molar-refractivity contribution < 1.29 is 19.1 Å². The molecule has 1 fully saturated rings. The Kier molecular flexibility index (Phi) is 3.69. The van der Waals surface area contributed by atoms with Gasteiger partial charge >= 0.3 is 11.9 Å². The molecule has 0 bridgehead atoms. The predicted molar refractivity (Wildman–Crippen MR) is 70.3 cm³/mol. The first-order valence-electron chi connectivity index (χ1n) is 6.26. The number of ether oxygens (including phenoxy) is 2. The van der Waals surface area contributed by atoms with Gasteiger partial charge in [0, 0.05) is 12.8 Å². The zero-order valence-electron chi connectivity index (χ0n) is 10.8. The molecular formula is C15H16O4. The van der Waals surface area contributed by atoms with Crippen molar-refractivity contribution in [3.63, 3.8) is 0 Å². The number of rotatable bonds is 4. The third-order valence-corrected chi connectivity index (χ3v) is 3.21. The van der Waals surface area contributed by atoms with E-state index in [0.29, 0.717) is 18.4 Å². The van der Waals surface area contributed by atoms with Gasteiger partial charge in [0.05, 0.1) is 12.0 Å². The van der Waals surface area contributed by atoms with Crippen LogP contribution in [0.5, 0.6) is 0 Å². The molecule has 0 aromatic heterocycles. The summed E-state index contributed by atoms with van der Waals surface area (Å²) in [5.74, 6) is -1.89. The fourth-order valence-electron chi connectivity index (χ4n) is 1.98. The molecule has 1 aliphatic heterocycles. The lowest BCUT2D eigenvalue weighted by Gasteiger charge is -2.25. The lowest BCUT2D eigenvalue weighted by Crippen LogP contribution is -2.34. The van der Waals surface area contributed by atoms with Crippen molar-refractivity contribution in [2.24, 2.45) is 0 Å². The molecule has 1 aromatic rings. The van der Waals surface area contributed by atoms with Crippen LogP contribution in [0.1, 0.15) is 42.1 Å². The largest absolute Gasteiger partial charge is 0.422 e. The molecule has 0 spiro atoms. The summed E-state index contributed by atoms with van der Waals surface area (Å²) >= 11 is 0. The van der Waals surface area contributed by atoms with Crippen LogP contribution in [0.15, 0.2) is 30.8 Å². The fraction of sp³-hybridized carbons (Fsp3) is 0.333. The van der Waals surface area contributed by atoms with Crippen molar-refractivity contribution in [1.82, 2.24) is 0 Å². The molecule has 1 aliphatic rings. The Morgan fingerprint density at radius 1 is 1.47 bits per heavy atom. The molecule has 0 N–H and O–H groups in total. The fourth-order valence-corrected chi connectivity index (χ4v) is 1.98. The quantitative estimate of drug-likeness (QED) is 0.781. The van der Waals surface area contributed by atoms with Gasteiger partial charge in [-0.1, -0.05) is 31.7 Å². The summed E-state index contributed by atoms with van der Waals surface area (Å²) in [5, 5.41) is 0. The lowest BCUT2D eigenvalue weighted by molar-refractivity contribution is -0.190. The van der Waals surface area contributed by atoms with Crippen LogP contribution in [0.3, 0.4) is 0 Å². The average Bonchev–Trinajstić information content (AvgIpc) is 2.80. The maximum absolute atomic E-state index is 12.0. The van der Waals surface area contributed by atoms with Gasteiger partial charge in [-0.25, -0.2) is 4.79 Å². The highest BCUT2D eigenvalue weighted by Crippen LogP contribution is 2.32. The maximum atomic E-state index is 12.0. The molecule has 1 unspecified atom stereocenters. The van der Waals surface area contributed by atoms with E-state index in [0.717, 1.165) is 5.56 Å². The second-order valence-electron chi connectivity index (χ2n) is 4.45. The van der Waals surface area contributed by atoms with Gasteiger partial charge < -0.3 is 9.47 Å². The van der Waals surface area contributed by atoms with Crippen LogP contribution >= 0.6 is 0 Å². The molecule has 2 rings (SSSR count). The van der Waals surface area contributed by atoms with E-state index >= 15 is 0 Å². The molecule has 0 amide bonds. The van der Waals surface area contributed by atoms with Gasteiger partial charge in [-0.2, -0.15) is 0 Å². The van der Waals surface area contributed by atoms with E-state index in [-0.39, 0.29) is 12.4 Å². The van der Waals surface area contributed by atoms with Gasteiger partial charge in [0.25, 0.3) is 5.79 Å². The second kappa shape index (κ2) is 5.26. The Morgan fingerprint density at radius 2 is 2.16 bits per heavy atom. The van der Waals surface area contributed by atoms with E-state index in [1.807, 2.05) is 6.92 Å². The Morgan fingerprint density at radius 3 is 2.63 bits per heavy atom. The number of benzene rings is 1. The number of hydrogen-bond donors (Lipinski definition) is 0. The highest BCUT2D eigenvalue weighted by molar-refractivity contribution is 5.90. The molecule has 1 saturated heterocycles. The molecule has 1 atom stereocenters. The van der Waals surface area contributed by atoms with E-state index in [1.54, 1.807) is 30.3 Å². The zero-order chi connectivity index (χ0) is 13.9. The summed E-state index contributed by atoms with van der Waals surface area (Å²) in [6, 6.07) is 6.89. The normalized spacial score (nSPS) is 21.8. The number of hydrogen-bond acceptors (Lipinski definition) is 4. The standard InChI is InChI=1S/C15H16O4/c1-3-11-5-7-12(8-6-11)14(17)19-15(4-2)10-9-13(16)18-15/h3,5-8H,1,4,9-10H2,2H3. The Balaban J connectivity index is 2.11. The lowest BCUT2D eigenvalue weighted by atomic mass is 10.1. The topological polar surface area (TPSA) is 52.6 Å². The average molecular weight is 260 g/mol. The van der Waals surface area contributed by atoms with Crippen LogP contribution in [-0.4, -0.2) is 17.7 Å². The highest BCUT2D eigenvalue weighted by atomic mass is 16.7. The Hall–Kier alpha value is -2.10. The van der Waals surface area contributed by atoms with Crippen molar-refractivity contribution >= 4 is 18.0 Å². The monoisotopic (exact) mass is 260 g/mol. The van der Waals surface area contributed by atoms with E-state index in [4.69, 9.17) is 9.47 Å². The first-order chi connectivity index (χ1) is 9.08. The Bertz CT molecular complexity index is 503. The molecule has 100 valence electrons. The van der Waals surface area contributed by atoms with E-state index < -0.39 is 11.8 Å². The van der Waals surface area contributed by atoms with Gasteiger partial charge in [-0.15, -0.1) is 0 Å². The molecule has 0 aliphatic carbocycles. The highest BCUT2D eigenvalue weighted by Gasteiger charge is 2.42. The zero-order valence-corrected chi connectivity index (χ0v) is 10.8. The summed E-state index contributed by atoms with van der Waals surface area (Å²) in [5.41, 5.74) is 1.36. The van der Waals surface area contributed by atoms with Crippen molar-refractivity contribution in [2.45, 2.75) is 32.0 Å². The number of cyclic esters (lactones) is 1. The smallest absolute Gasteiger partial charge is 0.341 e. The third kappa shape index (κ3) is 2.84. The van der Waals surface area contributed by atoms with Gasteiger partial charge in [0.15, 0.2) is 0 Å². The van der Waals surface area contributed by atoms with Gasteiger partial charge in [-0.3, -0.25) is 4.79 Å². The molecule has 4 nitrogen and oxygen atoms in total. The van der Waals surface area contributed by atoms with Gasteiger partial charge in [-0.05, 0) is 17.7 Å². The van der Waals surface area contributed by atoms with E-state index in [9.17, 15) is 9.59 Å². The van der Waals surface area contributed by atoms with Crippen LogP contribution in [0.2, 0.25) is 0 Å². The summed E-state index contributed by atoms with van der Waals surface area (Å²) < 4.78 is 10.5. The number of esters is 2. The summed E-state index contributed by atoms with van der Waals surface area (Å²) in [7, 11) is 0. The van der Waals surface area contributed by atoms with Crippen molar-refractivity contribution in [3.05, 3.63) is 42.0 Å². The summed E-state index contributed by atoms with van der Waals surface area (Å²) in [6.45, 7) is 5.47. The van der Waals surface area contributed by atoms with E-state index in [1.165, 1.54) is 0 Å². The van der Waals surface area contributed by atoms with Crippen molar-refractivity contribution in [1.29, 1.82) is 0 Å². The SMILES string of the molecule is C=Cc1ccc(C(=O)OC2(CC)CCC(=O)O2)cc1. The summed E-state index contributed by atoms with van der Waals surface area (Å²) in [6.07, 6.45) is 2.85. The van der Waals surface area contributed by atoms with Gasteiger partial charge in [0.1, 0.15) is 0 Å². The second-order valence-corrected chi connectivity index (χ2v) is 4.45. The van der Waals surface area contributed by atoms with Crippen LogP contribution in [0.25, 0.3) is 6.08 Å². The minimum atomic E-state index is -1.09. The van der Waals surface area contributed by atoms with Gasteiger partial charge in [0.2, 0.25) is 0 Å². The van der Waals surface area contributed by atoms with E-state index in [2.05, 4.69) is 6.58 Å². The molecule has 4 heteroatoms.